The van der Waals surface area contributed by atoms with Crippen molar-refractivity contribution in [2.45, 2.75) is 133 Å². The van der Waals surface area contributed by atoms with Crippen molar-refractivity contribution in [2.75, 3.05) is 53.6 Å². The predicted octanol–water partition coefficient (Wildman–Crippen LogP) is 9.88. The molecule has 3 unspecified atom stereocenters. The summed E-state index contributed by atoms with van der Waals surface area (Å²) in [5.74, 6) is -0.314. The summed E-state index contributed by atoms with van der Waals surface area (Å²) >= 11 is 0. The lowest BCUT2D eigenvalue weighted by atomic mass is 9.55. The maximum atomic E-state index is 15.2. The minimum atomic E-state index is -6.78. The fraction of sp³-hybridized carbons (Fsp3) is 0.696. The largest absolute Gasteiger partial charge is 0.489 e. The second kappa shape index (κ2) is 22.6. The van der Waals surface area contributed by atoms with Gasteiger partial charge < -0.3 is 34.5 Å². The highest BCUT2D eigenvalue weighted by Gasteiger charge is 2.85. The normalized spacial score (nSPS) is 22.2. The standard InChI is InChI=1S/C46H60F11N3O6/c1-42-17-15-33-32-12-10-31(26-30(32)9-11-34(33)36(42)13-14-39(42)64-20-7-21-66-43(44(49,50)51,45(52,53)54)46(55,56)57)65-28-29-24-37(47)35(38(48)25-29)27-60(3)19-6-4-5-8-41(62)59-18-23-63-22-16-40(61)58-2/h10,12,24-26,33-34,36,39H,4-9,11,13-23,27-28H2,1-3H3,(H,58,61)(H,59,62)/t33?,34?,36?,39-,42-/m1/s1. The maximum absolute atomic E-state index is 15.2. The molecule has 0 aliphatic heterocycles. The smallest absolute Gasteiger partial charge is 0.435 e. The Labute approximate surface area is 377 Å². The SMILES string of the molecule is CNC(=O)CCOCCNC(=O)CCCCCN(C)Cc1c(F)cc(COc2ccc3c(c2)CCC2C3CC[C@]3(C)C2CC[C@H]3OCCCOC(C(F)(F)F)(C(F)(F)F)C(F)(F)F)cc1F. The highest BCUT2D eigenvalue weighted by Crippen LogP contribution is 2.62. The fourth-order valence-electron chi connectivity index (χ4n) is 10.1. The van der Waals surface area contributed by atoms with Crippen molar-refractivity contribution in [2.24, 2.45) is 17.3 Å². The van der Waals surface area contributed by atoms with E-state index in [-0.39, 0.29) is 79.4 Å². The number of amides is 2. The van der Waals surface area contributed by atoms with E-state index in [0.717, 1.165) is 50.5 Å². The molecule has 3 aliphatic carbocycles. The molecule has 0 heterocycles. The zero-order valence-electron chi connectivity index (χ0n) is 37.4. The van der Waals surface area contributed by atoms with Gasteiger partial charge in [-0.3, -0.25) is 9.59 Å². The average molecular weight is 960 g/mol. The summed E-state index contributed by atoms with van der Waals surface area (Å²) in [7, 11) is 3.32. The Hall–Kier alpha value is -3.75. The molecular weight excluding hydrogens is 899 g/mol. The van der Waals surface area contributed by atoms with E-state index in [1.165, 1.54) is 17.7 Å². The number of alkyl halides is 9. The Kier molecular flexibility index (Phi) is 18.2. The van der Waals surface area contributed by atoms with E-state index in [9.17, 15) is 49.1 Å². The van der Waals surface area contributed by atoms with E-state index >= 15 is 8.78 Å². The molecule has 66 heavy (non-hydrogen) atoms. The number of carbonyl (C=O) groups is 2. The number of unbranched alkanes of at least 4 members (excludes halogenated alkanes) is 2. The second-order valence-electron chi connectivity index (χ2n) is 17.9. The van der Waals surface area contributed by atoms with Crippen LogP contribution in [0.5, 0.6) is 5.75 Å². The van der Waals surface area contributed by atoms with Crippen LogP contribution in [0.3, 0.4) is 0 Å². The zero-order chi connectivity index (χ0) is 48.5. The van der Waals surface area contributed by atoms with Crippen LogP contribution in [0, 0.1) is 28.9 Å². The molecule has 2 aromatic rings. The Morgan fingerprint density at radius 3 is 2.17 bits per heavy atom. The van der Waals surface area contributed by atoms with Crippen molar-refractivity contribution in [1.82, 2.24) is 15.5 Å². The van der Waals surface area contributed by atoms with Gasteiger partial charge in [0.05, 0.1) is 25.9 Å². The summed E-state index contributed by atoms with van der Waals surface area (Å²) < 4.78 is 170. The van der Waals surface area contributed by atoms with E-state index in [1.807, 2.05) is 23.1 Å². The van der Waals surface area contributed by atoms with Crippen molar-refractivity contribution in [3.8, 4) is 5.75 Å². The van der Waals surface area contributed by atoms with Crippen LogP contribution in [-0.4, -0.2) is 101 Å². The van der Waals surface area contributed by atoms with E-state index in [2.05, 4.69) is 22.3 Å². The van der Waals surface area contributed by atoms with Gasteiger partial charge in [0.1, 0.15) is 24.0 Å². The van der Waals surface area contributed by atoms with Gasteiger partial charge in [0.15, 0.2) is 0 Å². The second-order valence-corrected chi connectivity index (χ2v) is 17.9. The van der Waals surface area contributed by atoms with Crippen LogP contribution in [0.2, 0.25) is 0 Å². The Balaban J connectivity index is 1.04. The minimum Gasteiger partial charge on any atom is -0.489 e. The number of nitrogens with one attached hydrogen (secondary N) is 2. The molecule has 5 rings (SSSR count). The van der Waals surface area contributed by atoms with Gasteiger partial charge in [0.25, 0.3) is 0 Å². The number of hydrogen-bond acceptors (Lipinski definition) is 7. The Morgan fingerprint density at radius 2 is 1.50 bits per heavy atom. The third kappa shape index (κ3) is 12.7. The Morgan fingerprint density at radius 1 is 0.803 bits per heavy atom. The average Bonchev–Trinajstić information content (AvgIpc) is 3.57. The summed E-state index contributed by atoms with van der Waals surface area (Å²) in [6, 6.07) is 8.34. The summed E-state index contributed by atoms with van der Waals surface area (Å²) in [5.41, 5.74) is -4.09. The molecule has 2 fully saturated rings. The molecule has 5 atom stereocenters. The van der Waals surface area contributed by atoms with E-state index in [0.29, 0.717) is 50.3 Å². The van der Waals surface area contributed by atoms with Crippen LogP contribution in [0.1, 0.15) is 106 Å². The molecule has 372 valence electrons. The number of aryl methyl sites for hydroxylation is 1. The van der Waals surface area contributed by atoms with Gasteiger partial charge in [-0.25, -0.2) is 8.78 Å². The lowest BCUT2D eigenvalue weighted by Gasteiger charge is -2.50. The molecule has 2 saturated carbocycles. The quantitative estimate of drug-likeness (QED) is 0.0846. The summed E-state index contributed by atoms with van der Waals surface area (Å²) in [5, 5.41) is 5.27. The number of hydrogen-bond donors (Lipinski definition) is 2. The van der Waals surface area contributed by atoms with Crippen molar-refractivity contribution < 1.29 is 76.8 Å². The minimum absolute atomic E-state index is 0.0513. The van der Waals surface area contributed by atoms with Gasteiger partial charge in [0.2, 0.25) is 11.8 Å². The first kappa shape index (κ1) is 53.2. The van der Waals surface area contributed by atoms with Gasteiger partial charge in [-0.15, -0.1) is 0 Å². The first-order valence-electron chi connectivity index (χ1n) is 22.4. The topological polar surface area (TPSA) is 98.4 Å². The number of benzene rings is 2. The van der Waals surface area contributed by atoms with Crippen LogP contribution in [0.15, 0.2) is 30.3 Å². The maximum Gasteiger partial charge on any atom is 0.435 e. The monoisotopic (exact) mass is 959 g/mol. The lowest BCUT2D eigenvalue weighted by molar-refractivity contribution is -0.457. The molecule has 9 nitrogen and oxygen atoms in total. The molecule has 0 aromatic heterocycles. The van der Waals surface area contributed by atoms with Crippen LogP contribution in [0.4, 0.5) is 48.3 Å². The van der Waals surface area contributed by atoms with Gasteiger partial charge >= 0.3 is 24.1 Å². The molecule has 20 heteroatoms. The highest BCUT2D eigenvalue weighted by molar-refractivity contribution is 5.76. The third-order valence-electron chi connectivity index (χ3n) is 13.5. The number of ether oxygens (including phenoxy) is 4. The first-order valence-corrected chi connectivity index (χ1v) is 22.4. The summed E-state index contributed by atoms with van der Waals surface area (Å²) in [4.78, 5) is 25.1. The first-order chi connectivity index (χ1) is 31.0. The number of halogens is 11. The van der Waals surface area contributed by atoms with Crippen molar-refractivity contribution in [3.05, 3.63) is 64.2 Å². The molecule has 0 spiro atoms. The summed E-state index contributed by atoms with van der Waals surface area (Å²) in [6.45, 7) is 1.74. The van der Waals surface area contributed by atoms with Gasteiger partial charge in [-0.2, -0.15) is 39.5 Å². The van der Waals surface area contributed by atoms with Crippen molar-refractivity contribution in [3.63, 3.8) is 0 Å². The van der Waals surface area contributed by atoms with E-state index in [1.54, 1.807) is 14.1 Å². The van der Waals surface area contributed by atoms with Crippen LogP contribution >= 0.6 is 0 Å². The molecule has 0 saturated heterocycles. The predicted molar refractivity (Wildman–Crippen MR) is 220 cm³/mol. The van der Waals surface area contributed by atoms with E-state index < -0.39 is 48.8 Å². The molecular formula is C46H60F11N3O6. The van der Waals surface area contributed by atoms with Gasteiger partial charge in [-0.1, -0.05) is 19.4 Å². The molecule has 2 aromatic carbocycles. The molecule has 0 bridgehead atoms. The zero-order valence-corrected chi connectivity index (χ0v) is 37.4. The van der Waals surface area contributed by atoms with Gasteiger partial charge in [-0.05, 0) is 136 Å². The molecule has 2 N–H and O–H groups in total. The molecule has 2 amide bonds. The van der Waals surface area contributed by atoms with Crippen molar-refractivity contribution in [1.29, 1.82) is 0 Å². The molecule has 3 aliphatic rings. The van der Waals surface area contributed by atoms with Crippen LogP contribution < -0.4 is 15.4 Å². The fourth-order valence-corrected chi connectivity index (χ4v) is 10.1. The van der Waals surface area contributed by atoms with Crippen LogP contribution in [-0.2, 0) is 43.4 Å². The van der Waals surface area contributed by atoms with Crippen molar-refractivity contribution >= 4 is 11.8 Å². The number of rotatable bonds is 23. The number of fused-ring (bicyclic) bond motifs is 5. The Bertz CT molecular complexity index is 1870. The number of carbonyl (C=O) groups excluding carboxylic acids is 2. The molecule has 0 radical (unpaired) electrons. The number of nitrogens with zero attached hydrogens (tertiary/aromatic N) is 1. The van der Waals surface area contributed by atoms with Gasteiger partial charge in [0, 0.05) is 45.1 Å². The lowest BCUT2D eigenvalue weighted by Crippen LogP contribution is -2.67. The summed E-state index contributed by atoms with van der Waals surface area (Å²) in [6.07, 6.45) is -14.1. The highest BCUT2D eigenvalue weighted by atomic mass is 19.4. The van der Waals surface area contributed by atoms with E-state index in [4.69, 9.17) is 14.2 Å². The van der Waals surface area contributed by atoms with Crippen LogP contribution in [0.25, 0.3) is 0 Å². The third-order valence-corrected chi connectivity index (χ3v) is 13.5.